The van der Waals surface area contributed by atoms with Crippen molar-refractivity contribution in [2.24, 2.45) is 11.8 Å². The number of unbranched alkanes of at least 4 members (excludes halogenated alkanes) is 1. The summed E-state index contributed by atoms with van der Waals surface area (Å²) < 4.78 is 0. The van der Waals surface area contributed by atoms with E-state index in [0.717, 1.165) is 37.3 Å². The standard InChI is InChI=1S/C15H25N/c1-2-3-6-11-16-15-10-9-13-7-4-5-8-14(13)12-15/h1,13-16H,3-12H2. The molecule has 2 rings (SSSR count). The van der Waals surface area contributed by atoms with Gasteiger partial charge in [0.2, 0.25) is 0 Å². The summed E-state index contributed by atoms with van der Waals surface area (Å²) in [5, 5.41) is 3.69. The lowest BCUT2D eigenvalue weighted by Crippen LogP contribution is -2.39. The molecule has 2 saturated carbocycles. The lowest BCUT2D eigenvalue weighted by atomic mass is 9.69. The van der Waals surface area contributed by atoms with Crippen molar-refractivity contribution >= 4 is 0 Å². The topological polar surface area (TPSA) is 12.0 Å². The van der Waals surface area contributed by atoms with Crippen LogP contribution in [-0.4, -0.2) is 12.6 Å². The highest BCUT2D eigenvalue weighted by molar-refractivity contribution is 4.87. The molecule has 0 spiro atoms. The highest BCUT2D eigenvalue weighted by Crippen LogP contribution is 2.40. The van der Waals surface area contributed by atoms with Gasteiger partial charge in [-0.25, -0.2) is 0 Å². The van der Waals surface area contributed by atoms with E-state index in [4.69, 9.17) is 6.42 Å². The fourth-order valence-electron chi connectivity index (χ4n) is 3.56. The van der Waals surface area contributed by atoms with Gasteiger partial charge in [0, 0.05) is 12.5 Å². The van der Waals surface area contributed by atoms with Crippen molar-refractivity contribution in [3.63, 3.8) is 0 Å². The highest BCUT2D eigenvalue weighted by atomic mass is 14.9. The molecule has 0 radical (unpaired) electrons. The first kappa shape index (κ1) is 12.0. The molecule has 1 N–H and O–H groups in total. The summed E-state index contributed by atoms with van der Waals surface area (Å²) in [6.45, 7) is 1.12. The second-order valence-corrected chi connectivity index (χ2v) is 5.58. The van der Waals surface area contributed by atoms with Crippen LogP contribution in [0.1, 0.15) is 57.8 Å². The lowest BCUT2D eigenvalue weighted by molar-refractivity contribution is 0.144. The normalized spacial score (nSPS) is 34.1. The Kier molecular flexibility index (Phi) is 4.72. The van der Waals surface area contributed by atoms with Crippen LogP contribution in [0.3, 0.4) is 0 Å². The Morgan fingerprint density at radius 2 is 1.88 bits per heavy atom. The average Bonchev–Trinajstić information content (AvgIpc) is 2.34. The highest BCUT2D eigenvalue weighted by Gasteiger charge is 2.31. The monoisotopic (exact) mass is 219 g/mol. The Labute approximate surface area is 100 Å². The number of terminal acetylenes is 1. The minimum atomic E-state index is 0.789. The second-order valence-electron chi connectivity index (χ2n) is 5.58. The van der Waals surface area contributed by atoms with Crippen LogP contribution in [0.25, 0.3) is 0 Å². The Balaban J connectivity index is 1.67. The summed E-state index contributed by atoms with van der Waals surface area (Å²) in [5.74, 6) is 4.81. The molecule has 2 fully saturated rings. The van der Waals surface area contributed by atoms with Gasteiger partial charge in [0.1, 0.15) is 0 Å². The first-order valence-corrected chi connectivity index (χ1v) is 7.07. The van der Waals surface area contributed by atoms with Crippen molar-refractivity contribution < 1.29 is 0 Å². The van der Waals surface area contributed by atoms with E-state index < -0.39 is 0 Å². The van der Waals surface area contributed by atoms with Gasteiger partial charge >= 0.3 is 0 Å². The third-order valence-electron chi connectivity index (χ3n) is 4.47. The molecule has 0 aromatic heterocycles. The van der Waals surface area contributed by atoms with Gasteiger partial charge in [0.05, 0.1) is 0 Å². The molecule has 16 heavy (non-hydrogen) atoms. The second kappa shape index (κ2) is 6.30. The van der Waals surface area contributed by atoms with Crippen molar-refractivity contribution in [3.05, 3.63) is 0 Å². The molecule has 0 aromatic rings. The van der Waals surface area contributed by atoms with Gasteiger partial charge in [-0.1, -0.05) is 25.7 Å². The third-order valence-corrected chi connectivity index (χ3v) is 4.47. The summed E-state index contributed by atoms with van der Waals surface area (Å²) in [4.78, 5) is 0. The molecule has 90 valence electrons. The third kappa shape index (κ3) is 3.25. The van der Waals surface area contributed by atoms with Crippen LogP contribution in [-0.2, 0) is 0 Å². The molecule has 2 aliphatic carbocycles. The Morgan fingerprint density at radius 3 is 2.69 bits per heavy atom. The van der Waals surface area contributed by atoms with E-state index in [1.807, 2.05) is 0 Å². The van der Waals surface area contributed by atoms with Crippen LogP contribution in [0.15, 0.2) is 0 Å². The van der Waals surface area contributed by atoms with Gasteiger partial charge < -0.3 is 5.32 Å². The van der Waals surface area contributed by atoms with E-state index in [0.29, 0.717) is 0 Å². The molecule has 3 unspecified atom stereocenters. The van der Waals surface area contributed by atoms with Gasteiger partial charge in [-0.3, -0.25) is 0 Å². The lowest BCUT2D eigenvalue weighted by Gasteiger charge is -2.39. The zero-order valence-corrected chi connectivity index (χ0v) is 10.4. The van der Waals surface area contributed by atoms with Crippen LogP contribution in [0.4, 0.5) is 0 Å². The van der Waals surface area contributed by atoms with Crippen LogP contribution in [0, 0.1) is 24.2 Å². The van der Waals surface area contributed by atoms with Crippen molar-refractivity contribution in [3.8, 4) is 12.3 Å². The van der Waals surface area contributed by atoms with Crippen LogP contribution < -0.4 is 5.32 Å². The molecule has 0 saturated heterocycles. The van der Waals surface area contributed by atoms with E-state index in [-0.39, 0.29) is 0 Å². The predicted octanol–water partition coefficient (Wildman–Crippen LogP) is 3.35. The van der Waals surface area contributed by atoms with Crippen molar-refractivity contribution in [1.82, 2.24) is 5.32 Å². The molecule has 0 aliphatic heterocycles. The molecular formula is C15H25N. The number of fused-ring (bicyclic) bond motifs is 1. The van der Waals surface area contributed by atoms with Crippen LogP contribution in [0.5, 0.6) is 0 Å². The molecule has 0 aromatic carbocycles. The Morgan fingerprint density at radius 1 is 1.06 bits per heavy atom. The molecule has 0 amide bonds. The molecule has 0 heterocycles. The maximum absolute atomic E-state index is 5.26. The zero-order chi connectivity index (χ0) is 11.2. The summed E-state index contributed by atoms with van der Waals surface area (Å²) in [6.07, 6.45) is 17.6. The number of rotatable bonds is 4. The smallest absolute Gasteiger partial charge is 0.00981 e. The van der Waals surface area contributed by atoms with Crippen LogP contribution >= 0.6 is 0 Å². The number of nitrogens with one attached hydrogen (secondary N) is 1. The van der Waals surface area contributed by atoms with E-state index >= 15 is 0 Å². The van der Waals surface area contributed by atoms with Gasteiger partial charge in [-0.05, 0) is 44.1 Å². The SMILES string of the molecule is C#CCCCNC1CCC2CCCCC2C1. The van der Waals surface area contributed by atoms with E-state index in [1.54, 1.807) is 0 Å². The van der Waals surface area contributed by atoms with Gasteiger partial charge in [0.25, 0.3) is 0 Å². The van der Waals surface area contributed by atoms with E-state index in [9.17, 15) is 0 Å². The van der Waals surface area contributed by atoms with Crippen LogP contribution in [0.2, 0.25) is 0 Å². The van der Waals surface area contributed by atoms with Crippen molar-refractivity contribution in [2.75, 3.05) is 6.54 Å². The molecular weight excluding hydrogens is 194 g/mol. The summed E-state index contributed by atoms with van der Waals surface area (Å²) in [6, 6.07) is 0.789. The minimum Gasteiger partial charge on any atom is -0.314 e. The fraction of sp³-hybridized carbons (Fsp3) is 0.867. The first-order chi connectivity index (χ1) is 7.90. The molecule has 2 aliphatic rings. The Bertz CT molecular complexity index is 240. The molecule has 0 bridgehead atoms. The molecule has 1 heteroatoms. The largest absolute Gasteiger partial charge is 0.314 e. The van der Waals surface area contributed by atoms with Gasteiger partial charge in [-0.2, -0.15) is 0 Å². The summed E-state index contributed by atoms with van der Waals surface area (Å²) in [5.41, 5.74) is 0. The van der Waals surface area contributed by atoms with E-state index in [2.05, 4.69) is 11.2 Å². The molecule has 3 atom stereocenters. The maximum atomic E-state index is 5.26. The Hall–Kier alpha value is -0.480. The van der Waals surface area contributed by atoms with Crippen molar-refractivity contribution in [2.45, 2.75) is 63.8 Å². The van der Waals surface area contributed by atoms with Gasteiger partial charge in [0.15, 0.2) is 0 Å². The maximum Gasteiger partial charge on any atom is 0.00981 e. The number of hydrogen-bond donors (Lipinski definition) is 1. The number of hydrogen-bond acceptors (Lipinski definition) is 1. The molecule has 1 nitrogen and oxygen atoms in total. The summed E-state index contributed by atoms with van der Waals surface area (Å²) >= 11 is 0. The first-order valence-electron chi connectivity index (χ1n) is 7.07. The van der Waals surface area contributed by atoms with Gasteiger partial charge in [-0.15, -0.1) is 12.3 Å². The average molecular weight is 219 g/mol. The van der Waals surface area contributed by atoms with Crippen molar-refractivity contribution in [1.29, 1.82) is 0 Å². The minimum absolute atomic E-state index is 0.789. The quantitative estimate of drug-likeness (QED) is 0.565. The summed E-state index contributed by atoms with van der Waals surface area (Å²) in [7, 11) is 0. The predicted molar refractivity (Wildman–Crippen MR) is 69.2 cm³/mol. The fourth-order valence-corrected chi connectivity index (χ4v) is 3.56. The van der Waals surface area contributed by atoms with E-state index in [1.165, 1.54) is 44.9 Å². The zero-order valence-electron chi connectivity index (χ0n) is 10.4.